The maximum absolute atomic E-state index is 12.5. The van der Waals surface area contributed by atoms with Crippen LogP contribution in [0.5, 0.6) is 0 Å². The van der Waals surface area contributed by atoms with Crippen molar-refractivity contribution in [1.29, 1.82) is 0 Å². The first-order valence-corrected chi connectivity index (χ1v) is 5.73. The molecule has 102 valence electrons. The summed E-state index contributed by atoms with van der Waals surface area (Å²) in [6.07, 6.45) is -0.872. The van der Waals surface area contributed by atoms with Gasteiger partial charge in [0, 0.05) is 6.20 Å². The van der Waals surface area contributed by atoms with Gasteiger partial charge in [-0.2, -0.15) is 13.2 Å². The minimum atomic E-state index is -4.43. The summed E-state index contributed by atoms with van der Waals surface area (Å²) < 4.78 is 38.9. The van der Waals surface area contributed by atoms with E-state index in [2.05, 4.69) is 20.2 Å². The number of hydrogen-bond donors (Lipinski definition) is 0. The predicted molar refractivity (Wildman–Crippen MR) is 64.0 cm³/mol. The number of fused-ring (bicyclic) bond motifs is 1. The molecule has 0 aromatic carbocycles. The van der Waals surface area contributed by atoms with Gasteiger partial charge in [0.05, 0.1) is 18.0 Å². The van der Waals surface area contributed by atoms with E-state index in [1.165, 1.54) is 22.9 Å². The molecular formula is C11H5ClF3N5. The normalized spacial score (nSPS) is 12.0. The van der Waals surface area contributed by atoms with Gasteiger partial charge < -0.3 is 0 Å². The molecule has 0 bridgehead atoms. The maximum atomic E-state index is 12.5. The molecule has 0 aliphatic carbocycles. The fourth-order valence-corrected chi connectivity index (χ4v) is 1.90. The second-order valence-corrected chi connectivity index (χ2v) is 4.26. The molecule has 5 nitrogen and oxygen atoms in total. The maximum Gasteiger partial charge on any atom is 0.417 e. The Bertz CT molecular complexity index is 766. The third-order valence-electron chi connectivity index (χ3n) is 2.59. The van der Waals surface area contributed by atoms with Crippen molar-refractivity contribution in [2.24, 2.45) is 0 Å². The Kier molecular flexibility index (Phi) is 2.82. The first kappa shape index (κ1) is 12.8. The van der Waals surface area contributed by atoms with Gasteiger partial charge in [0.1, 0.15) is 10.8 Å². The molecule has 0 spiro atoms. The summed E-state index contributed by atoms with van der Waals surface area (Å²) in [5, 5.41) is 7.93. The lowest BCUT2D eigenvalue weighted by molar-refractivity contribution is -0.137. The third kappa shape index (κ3) is 2.07. The second kappa shape index (κ2) is 4.41. The van der Waals surface area contributed by atoms with Crippen molar-refractivity contribution in [2.75, 3.05) is 0 Å². The Morgan fingerprint density at radius 3 is 2.50 bits per heavy atom. The molecule has 3 heterocycles. The number of pyridine rings is 1. The molecule has 0 N–H and O–H groups in total. The monoisotopic (exact) mass is 299 g/mol. The van der Waals surface area contributed by atoms with Crippen LogP contribution in [0.15, 0.2) is 30.7 Å². The van der Waals surface area contributed by atoms with Crippen LogP contribution in [-0.4, -0.2) is 24.6 Å². The standard InChI is InChI=1S/C11H5ClF3N5/c12-8-4-16-5-9-18-19-10(20(8)9)7-2-1-6(3-17-7)11(13,14)15/h1-5H. The fourth-order valence-electron chi connectivity index (χ4n) is 1.67. The molecule has 0 fully saturated rings. The summed E-state index contributed by atoms with van der Waals surface area (Å²) in [7, 11) is 0. The number of nitrogens with zero attached hydrogens (tertiary/aromatic N) is 5. The van der Waals surface area contributed by atoms with Crippen LogP contribution in [0.2, 0.25) is 5.15 Å². The van der Waals surface area contributed by atoms with Gasteiger partial charge in [-0.15, -0.1) is 10.2 Å². The lowest BCUT2D eigenvalue weighted by Gasteiger charge is -2.06. The molecule has 20 heavy (non-hydrogen) atoms. The smallest absolute Gasteiger partial charge is 0.261 e. The largest absolute Gasteiger partial charge is 0.417 e. The Hall–Kier alpha value is -2.22. The lowest BCUT2D eigenvalue weighted by atomic mass is 10.2. The third-order valence-corrected chi connectivity index (χ3v) is 2.86. The number of alkyl halides is 3. The summed E-state index contributed by atoms with van der Waals surface area (Å²) in [5.74, 6) is 0.251. The van der Waals surface area contributed by atoms with Crippen molar-refractivity contribution in [2.45, 2.75) is 6.18 Å². The zero-order valence-corrected chi connectivity index (χ0v) is 10.4. The van der Waals surface area contributed by atoms with Crippen molar-refractivity contribution in [3.63, 3.8) is 0 Å². The quantitative estimate of drug-likeness (QED) is 0.693. The average Bonchev–Trinajstić information content (AvgIpc) is 2.83. The molecule has 0 atom stereocenters. The topological polar surface area (TPSA) is 56.0 Å². The number of halogens is 4. The van der Waals surface area contributed by atoms with Crippen LogP contribution in [0.25, 0.3) is 17.2 Å². The number of aromatic nitrogens is 5. The number of hydrogen-bond acceptors (Lipinski definition) is 4. The Morgan fingerprint density at radius 1 is 1.05 bits per heavy atom. The van der Waals surface area contributed by atoms with Gasteiger partial charge in [-0.3, -0.25) is 14.4 Å². The van der Waals surface area contributed by atoms with Crippen LogP contribution in [0.1, 0.15) is 5.56 Å². The van der Waals surface area contributed by atoms with Gasteiger partial charge in [0.15, 0.2) is 11.5 Å². The van der Waals surface area contributed by atoms with Gasteiger partial charge >= 0.3 is 6.18 Å². The Balaban J connectivity index is 2.12. The summed E-state index contributed by atoms with van der Waals surface area (Å²) in [6, 6.07) is 2.15. The highest BCUT2D eigenvalue weighted by atomic mass is 35.5. The van der Waals surface area contributed by atoms with Gasteiger partial charge in [0.2, 0.25) is 0 Å². The van der Waals surface area contributed by atoms with Crippen LogP contribution in [0.4, 0.5) is 13.2 Å². The molecule has 0 unspecified atom stereocenters. The Labute approximate surface area is 115 Å². The molecule has 3 aromatic rings. The molecule has 9 heteroatoms. The van der Waals surface area contributed by atoms with E-state index in [1.54, 1.807) is 0 Å². The van der Waals surface area contributed by atoms with Gasteiger partial charge in [-0.25, -0.2) is 0 Å². The van der Waals surface area contributed by atoms with Gasteiger partial charge in [-0.1, -0.05) is 11.6 Å². The van der Waals surface area contributed by atoms with Crippen molar-refractivity contribution in [1.82, 2.24) is 24.6 Å². The first-order chi connectivity index (χ1) is 9.47. The van der Waals surface area contributed by atoms with E-state index in [0.717, 1.165) is 12.3 Å². The second-order valence-electron chi connectivity index (χ2n) is 3.88. The van der Waals surface area contributed by atoms with E-state index in [1.807, 2.05) is 0 Å². The van der Waals surface area contributed by atoms with E-state index >= 15 is 0 Å². The predicted octanol–water partition coefficient (Wildman–Crippen LogP) is 2.86. The van der Waals surface area contributed by atoms with Crippen LogP contribution in [0, 0.1) is 0 Å². The summed E-state index contributed by atoms with van der Waals surface area (Å²) in [5.41, 5.74) is -0.212. The molecule has 0 radical (unpaired) electrons. The zero-order chi connectivity index (χ0) is 14.3. The van der Waals surface area contributed by atoms with Gasteiger partial charge in [0.25, 0.3) is 0 Å². The lowest BCUT2D eigenvalue weighted by Crippen LogP contribution is -2.05. The van der Waals surface area contributed by atoms with Crippen molar-refractivity contribution < 1.29 is 13.2 Å². The van der Waals surface area contributed by atoms with Crippen molar-refractivity contribution in [3.8, 4) is 11.5 Å². The number of rotatable bonds is 1. The minimum absolute atomic E-state index is 0.235. The average molecular weight is 300 g/mol. The van der Waals surface area contributed by atoms with Crippen LogP contribution < -0.4 is 0 Å². The molecular weight excluding hydrogens is 295 g/mol. The molecule has 0 saturated heterocycles. The van der Waals surface area contributed by atoms with Crippen LogP contribution >= 0.6 is 11.6 Å². The zero-order valence-electron chi connectivity index (χ0n) is 9.63. The molecule has 0 amide bonds. The summed E-state index contributed by atoms with van der Waals surface area (Å²) in [6.45, 7) is 0. The van der Waals surface area contributed by atoms with Crippen LogP contribution in [0.3, 0.4) is 0 Å². The van der Waals surface area contributed by atoms with Crippen molar-refractivity contribution in [3.05, 3.63) is 41.4 Å². The van der Waals surface area contributed by atoms with E-state index in [9.17, 15) is 13.2 Å². The van der Waals surface area contributed by atoms with Crippen LogP contribution in [-0.2, 0) is 6.18 Å². The van der Waals surface area contributed by atoms with E-state index in [0.29, 0.717) is 5.65 Å². The molecule has 3 rings (SSSR count). The van der Waals surface area contributed by atoms with E-state index < -0.39 is 11.7 Å². The fraction of sp³-hybridized carbons (Fsp3) is 0.0909. The Morgan fingerprint density at radius 2 is 1.85 bits per heavy atom. The summed E-state index contributed by atoms with van der Waals surface area (Å²) in [4.78, 5) is 7.60. The first-order valence-electron chi connectivity index (χ1n) is 5.35. The van der Waals surface area contributed by atoms with E-state index in [-0.39, 0.29) is 16.7 Å². The molecule has 0 aliphatic rings. The van der Waals surface area contributed by atoms with E-state index in [4.69, 9.17) is 11.6 Å². The molecule has 3 aromatic heterocycles. The molecule has 0 aliphatic heterocycles. The SMILES string of the molecule is FC(F)(F)c1ccc(-c2nnc3cncc(Cl)n23)nc1. The highest BCUT2D eigenvalue weighted by Gasteiger charge is 2.30. The highest BCUT2D eigenvalue weighted by Crippen LogP contribution is 2.29. The molecule has 0 saturated carbocycles. The highest BCUT2D eigenvalue weighted by molar-refractivity contribution is 6.29. The minimum Gasteiger partial charge on any atom is -0.261 e. The summed E-state index contributed by atoms with van der Waals surface area (Å²) >= 11 is 5.97. The van der Waals surface area contributed by atoms with Crippen molar-refractivity contribution >= 4 is 17.2 Å². The van der Waals surface area contributed by atoms with Gasteiger partial charge in [-0.05, 0) is 12.1 Å².